The van der Waals surface area contributed by atoms with Crippen LogP contribution in [0, 0.1) is 0 Å². The van der Waals surface area contributed by atoms with Crippen LogP contribution in [-0.2, 0) is 6.18 Å². The van der Waals surface area contributed by atoms with Gasteiger partial charge < -0.3 is 9.47 Å². The van der Waals surface area contributed by atoms with Crippen molar-refractivity contribution in [2.45, 2.75) is 6.18 Å². The van der Waals surface area contributed by atoms with Crippen LogP contribution in [0.5, 0.6) is 11.5 Å². The summed E-state index contributed by atoms with van der Waals surface area (Å²) < 4.78 is 52.2. The van der Waals surface area contributed by atoms with Gasteiger partial charge in [0.2, 0.25) is 0 Å². The molecule has 0 spiro atoms. The number of thiazole rings is 1. The Bertz CT molecular complexity index is 1250. The number of aromatic nitrogens is 4. The molecule has 0 aliphatic rings. The standard InChI is InChI=1S/C19H14F3N5O3S/c1-29-13-4-3-10(7-14(13)30-2)11-8-15(19(20,21)22)27-16(24-11)9-12(26-27)17(28)25-18-23-5-6-31-18/h3-9H,1-2H3,(H,23,25,28). The Morgan fingerprint density at radius 1 is 1.13 bits per heavy atom. The van der Waals surface area contributed by atoms with Crippen LogP contribution in [-0.4, -0.2) is 39.7 Å². The third-order valence-corrected chi connectivity index (χ3v) is 4.97. The van der Waals surface area contributed by atoms with Crippen LogP contribution in [0.2, 0.25) is 0 Å². The Morgan fingerprint density at radius 2 is 1.90 bits per heavy atom. The molecule has 160 valence electrons. The number of alkyl halides is 3. The van der Waals surface area contributed by atoms with Crippen molar-refractivity contribution in [3.8, 4) is 22.8 Å². The molecule has 4 aromatic rings. The zero-order valence-electron chi connectivity index (χ0n) is 16.1. The number of hydrogen-bond acceptors (Lipinski definition) is 7. The van der Waals surface area contributed by atoms with E-state index in [9.17, 15) is 18.0 Å². The first-order valence-corrected chi connectivity index (χ1v) is 9.59. The first kappa shape index (κ1) is 20.6. The lowest BCUT2D eigenvalue weighted by molar-refractivity contribution is -0.142. The fourth-order valence-corrected chi connectivity index (χ4v) is 3.40. The first-order valence-electron chi connectivity index (χ1n) is 8.71. The molecule has 0 fully saturated rings. The van der Waals surface area contributed by atoms with Gasteiger partial charge in [0.1, 0.15) is 0 Å². The van der Waals surface area contributed by atoms with Crippen LogP contribution < -0.4 is 14.8 Å². The largest absolute Gasteiger partial charge is 0.493 e. The molecule has 0 saturated carbocycles. The molecule has 8 nitrogen and oxygen atoms in total. The van der Waals surface area contributed by atoms with Crippen molar-refractivity contribution in [1.29, 1.82) is 0 Å². The van der Waals surface area contributed by atoms with Crippen LogP contribution in [0.15, 0.2) is 41.9 Å². The number of halogens is 3. The number of benzene rings is 1. The smallest absolute Gasteiger partial charge is 0.433 e. The minimum atomic E-state index is -4.73. The second kappa shape index (κ2) is 7.87. The van der Waals surface area contributed by atoms with Crippen LogP contribution in [0.4, 0.5) is 18.3 Å². The van der Waals surface area contributed by atoms with Crippen molar-refractivity contribution in [2.24, 2.45) is 0 Å². The number of rotatable bonds is 5. The molecule has 1 amide bonds. The van der Waals surface area contributed by atoms with Gasteiger partial charge in [-0.05, 0) is 24.3 Å². The zero-order valence-corrected chi connectivity index (χ0v) is 16.9. The topological polar surface area (TPSA) is 90.6 Å². The SMILES string of the molecule is COc1ccc(-c2cc(C(F)(F)F)n3nc(C(=O)Nc4nccs4)cc3n2)cc1OC. The normalized spacial score (nSPS) is 11.5. The van der Waals surface area contributed by atoms with E-state index in [1.54, 1.807) is 17.5 Å². The van der Waals surface area contributed by atoms with Gasteiger partial charge in [0.25, 0.3) is 5.91 Å². The summed E-state index contributed by atoms with van der Waals surface area (Å²) in [6, 6.07) is 6.69. The molecule has 1 N–H and O–H groups in total. The highest BCUT2D eigenvalue weighted by Crippen LogP contribution is 2.35. The van der Waals surface area contributed by atoms with Gasteiger partial charge in [-0.1, -0.05) is 0 Å². The average molecular weight is 449 g/mol. The van der Waals surface area contributed by atoms with Gasteiger partial charge >= 0.3 is 6.18 Å². The molecule has 3 heterocycles. The minimum absolute atomic E-state index is 0.0348. The molecule has 31 heavy (non-hydrogen) atoms. The Hall–Kier alpha value is -3.67. The molecule has 3 aromatic heterocycles. The number of ether oxygens (including phenoxy) is 2. The molecule has 12 heteroatoms. The van der Waals surface area contributed by atoms with Crippen molar-refractivity contribution in [2.75, 3.05) is 19.5 Å². The second-order valence-electron chi connectivity index (χ2n) is 6.19. The molecule has 4 rings (SSSR count). The van der Waals surface area contributed by atoms with Crippen molar-refractivity contribution in [3.63, 3.8) is 0 Å². The van der Waals surface area contributed by atoms with Gasteiger partial charge in [0, 0.05) is 23.2 Å². The molecule has 0 unspecified atom stereocenters. The number of fused-ring (bicyclic) bond motifs is 1. The monoisotopic (exact) mass is 449 g/mol. The van der Waals surface area contributed by atoms with Gasteiger partial charge in [0.05, 0.1) is 19.9 Å². The lowest BCUT2D eigenvalue weighted by Gasteiger charge is -2.12. The third kappa shape index (κ3) is 4.01. The molecule has 0 bridgehead atoms. The van der Waals surface area contributed by atoms with E-state index in [1.807, 2.05) is 0 Å². The highest BCUT2D eigenvalue weighted by atomic mass is 32.1. The van der Waals surface area contributed by atoms with Crippen LogP contribution >= 0.6 is 11.3 Å². The fourth-order valence-electron chi connectivity index (χ4n) is 2.88. The summed E-state index contributed by atoms with van der Waals surface area (Å²) >= 11 is 1.17. The molecule has 1 aromatic carbocycles. The zero-order chi connectivity index (χ0) is 22.2. The number of amides is 1. The first-order chi connectivity index (χ1) is 14.8. The minimum Gasteiger partial charge on any atom is -0.493 e. The summed E-state index contributed by atoms with van der Waals surface area (Å²) in [7, 11) is 2.87. The van der Waals surface area contributed by atoms with E-state index in [0.717, 1.165) is 6.07 Å². The van der Waals surface area contributed by atoms with E-state index in [4.69, 9.17) is 9.47 Å². The Balaban J connectivity index is 1.82. The highest BCUT2D eigenvalue weighted by Gasteiger charge is 2.35. The summed E-state index contributed by atoms with van der Waals surface area (Å²) in [5.41, 5.74) is -1.02. The third-order valence-electron chi connectivity index (χ3n) is 4.28. The van der Waals surface area contributed by atoms with Crippen LogP contribution in [0.25, 0.3) is 16.9 Å². The maximum atomic E-state index is 13.8. The number of hydrogen-bond donors (Lipinski definition) is 1. The second-order valence-corrected chi connectivity index (χ2v) is 7.08. The number of carbonyl (C=O) groups is 1. The highest BCUT2D eigenvalue weighted by molar-refractivity contribution is 7.13. The van der Waals surface area contributed by atoms with Crippen LogP contribution in [0.1, 0.15) is 16.2 Å². The molecule has 0 saturated heterocycles. The van der Waals surface area contributed by atoms with E-state index < -0.39 is 17.8 Å². The lowest BCUT2D eigenvalue weighted by Crippen LogP contribution is -2.15. The average Bonchev–Trinajstić information content (AvgIpc) is 3.41. The predicted molar refractivity (Wildman–Crippen MR) is 107 cm³/mol. The number of carbonyl (C=O) groups excluding carboxylic acids is 1. The number of nitrogens with zero attached hydrogens (tertiary/aromatic N) is 4. The summed E-state index contributed by atoms with van der Waals surface area (Å²) in [5, 5.41) is 8.25. The van der Waals surface area contributed by atoms with Crippen molar-refractivity contribution in [1.82, 2.24) is 19.6 Å². The Labute approximate surface area is 177 Å². The van der Waals surface area contributed by atoms with E-state index >= 15 is 0 Å². The van der Waals surface area contributed by atoms with Crippen molar-refractivity contribution < 1.29 is 27.4 Å². The van der Waals surface area contributed by atoms with Crippen LogP contribution in [0.3, 0.4) is 0 Å². The quantitative estimate of drug-likeness (QED) is 0.493. The predicted octanol–water partition coefficient (Wildman–Crippen LogP) is 4.14. The van der Waals surface area contributed by atoms with Gasteiger partial charge in [-0.25, -0.2) is 14.5 Å². The van der Waals surface area contributed by atoms with E-state index in [0.29, 0.717) is 26.7 Å². The molecule has 0 atom stereocenters. The maximum Gasteiger partial charge on any atom is 0.433 e. The molecule has 0 radical (unpaired) electrons. The van der Waals surface area contributed by atoms with Crippen molar-refractivity contribution >= 4 is 28.0 Å². The molecule has 0 aliphatic carbocycles. The van der Waals surface area contributed by atoms with Gasteiger partial charge in [-0.3, -0.25) is 10.1 Å². The van der Waals surface area contributed by atoms with Gasteiger partial charge in [-0.2, -0.15) is 18.3 Å². The molecule has 0 aliphatic heterocycles. The summed E-state index contributed by atoms with van der Waals surface area (Å²) in [4.78, 5) is 20.6. The Kier molecular flexibility index (Phi) is 5.23. The summed E-state index contributed by atoms with van der Waals surface area (Å²) in [6.07, 6.45) is -3.25. The van der Waals surface area contributed by atoms with E-state index in [-0.39, 0.29) is 17.0 Å². The van der Waals surface area contributed by atoms with E-state index in [1.165, 1.54) is 43.9 Å². The number of anilines is 1. The lowest BCUT2D eigenvalue weighted by atomic mass is 10.1. The summed E-state index contributed by atoms with van der Waals surface area (Å²) in [5.74, 6) is 0.0716. The Morgan fingerprint density at radius 3 is 2.55 bits per heavy atom. The van der Waals surface area contributed by atoms with Gasteiger partial charge in [-0.15, -0.1) is 11.3 Å². The number of nitrogens with one attached hydrogen (secondary N) is 1. The van der Waals surface area contributed by atoms with Crippen molar-refractivity contribution in [3.05, 3.63) is 53.3 Å². The maximum absolute atomic E-state index is 13.8. The fraction of sp³-hybridized carbons (Fsp3) is 0.158. The summed E-state index contributed by atoms with van der Waals surface area (Å²) in [6.45, 7) is 0. The number of methoxy groups -OCH3 is 2. The van der Waals surface area contributed by atoms with E-state index in [2.05, 4.69) is 20.4 Å². The molecular formula is C19H14F3N5O3S. The molecular weight excluding hydrogens is 435 g/mol. The van der Waals surface area contributed by atoms with Gasteiger partial charge in [0.15, 0.2) is 33.7 Å².